The number of nitro groups is 1. The van der Waals surface area contributed by atoms with Gasteiger partial charge in [-0.25, -0.2) is 0 Å². The molecular formula is C20H29N3O5. The van der Waals surface area contributed by atoms with Gasteiger partial charge in [0, 0.05) is 38.2 Å². The standard InChI is InChI=1S/C20H29N3O5/c1-15(2)14-22(13-10-19(24)28-3)20(25)16-8-11-21(12-9-16)17-6-4-5-7-18(17)23(26)27/h4-7,15-16H,8-14H2,1-3H3. The van der Waals surface area contributed by atoms with Crippen LogP contribution in [0.1, 0.15) is 33.1 Å². The van der Waals surface area contributed by atoms with Crippen LogP contribution in [-0.2, 0) is 14.3 Å². The van der Waals surface area contributed by atoms with E-state index in [2.05, 4.69) is 4.74 Å². The summed E-state index contributed by atoms with van der Waals surface area (Å²) in [6.45, 7) is 6.21. The molecule has 0 atom stereocenters. The van der Waals surface area contributed by atoms with E-state index in [-0.39, 0.29) is 34.8 Å². The number of carbonyl (C=O) groups is 2. The summed E-state index contributed by atoms with van der Waals surface area (Å²) in [6, 6.07) is 6.70. The number of anilines is 1. The maximum atomic E-state index is 13.0. The lowest BCUT2D eigenvalue weighted by molar-refractivity contribution is -0.384. The molecule has 8 heteroatoms. The molecule has 0 aliphatic carbocycles. The van der Waals surface area contributed by atoms with E-state index in [1.807, 2.05) is 18.7 Å². The van der Waals surface area contributed by atoms with Gasteiger partial charge in [0.15, 0.2) is 0 Å². The number of para-hydroxylation sites is 2. The Bertz CT molecular complexity index is 699. The SMILES string of the molecule is COC(=O)CCN(CC(C)C)C(=O)C1CCN(c2ccccc2[N+](=O)[O-])CC1. The topological polar surface area (TPSA) is 93.0 Å². The quantitative estimate of drug-likeness (QED) is 0.384. The number of ether oxygens (including phenoxy) is 1. The normalized spacial score (nSPS) is 14.8. The van der Waals surface area contributed by atoms with Crippen LogP contribution in [-0.4, -0.2) is 55.0 Å². The number of hydrogen-bond donors (Lipinski definition) is 0. The molecule has 1 fully saturated rings. The summed E-state index contributed by atoms with van der Waals surface area (Å²) in [4.78, 5) is 39.1. The number of amides is 1. The largest absolute Gasteiger partial charge is 0.469 e. The number of carbonyl (C=O) groups excluding carboxylic acids is 2. The van der Waals surface area contributed by atoms with Crippen molar-refractivity contribution in [2.45, 2.75) is 33.1 Å². The molecule has 2 rings (SSSR count). The van der Waals surface area contributed by atoms with Crippen LogP contribution in [0.3, 0.4) is 0 Å². The first-order chi connectivity index (χ1) is 13.3. The molecule has 1 amide bonds. The zero-order valence-corrected chi connectivity index (χ0v) is 16.8. The molecule has 0 bridgehead atoms. The smallest absolute Gasteiger partial charge is 0.307 e. The molecule has 0 unspecified atom stereocenters. The van der Waals surface area contributed by atoms with Crippen LogP contribution in [0.15, 0.2) is 24.3 Å². The lowest BCUT2D eigenvalue weighted by atomic mass is 9.94. The maximum Gasteiger partial charge on any atom is 0.307 e. The van der Waals surface area contributed by atoms with Crippen LogP contribution < -0.4 is 4.90 Å². The molecule has 1 aromatic rings. The number of rotatable bonds is 8. The number of nitro benzene ring substituents is 1. The van der Waals surface area contributed by atoms with Crippen LogP contribution in [0.2, 0.25) is 0 Å². The Labute approximate surface area is 165 Å². The van der Waals surface area contributed by atoms with E-state index in [4.69, 9.17) is 0 Å². The predicted molar refractivity (Wildman–Crippen MR) is 106 cm³/mol. The Kier molecular flexibility index (Phi) is 7.78. The van der Waals surface area contributed by atoms with Gasteiger partial charge in [0.05, 0.1) is 18.5 Å². The highest BCUT2D eigenvalue weighted by atomic mass is 16.6. The second-order valence-corrected chi connectivity index (χ2v) is 7.51. The molecular weight excluding hydrogens is 362 g/mol. The fraction of sp³-hybridized carbons (Fsp3) is 0.600. The summed E-state index contributed by atoms with van der Waals surface area (Å²) in [5, 5.41) is 11.3. The van der Waals surface area contributed by atoms with Crippen molar-refractivity contribution in [2.75, 3.05) is 38.2 Å². The highest BCUT2D eigenvalue weighted by Gasteiger charge is 2.31. The first-order valence-electron chi connectivity index (χ1n) is 9.67. The molecule has 1 aliphatic heterocycles. The Morgan fingerprint density at radius 2 is 1.93 bits per heavy atom. The zero-order valence-electron chi connectivity index (χ0n) is 16.8. The lowest BCUT2D eigenvalue weighted by Gasteiger charge is -2.35. The first kappa shape index (κ1) is 21.7. The summed E-state index contributed by atoms with van der Waals surface area (Å²) < 4.78 is 4.69. The van der Waals surface area contributed by atoms with Crippen molar-refractivity contribution in [1.29, 1.82) is 0 Å². The highest BCUT2D eigenvalue weighted by molar-refractivity contribution is 5.80. The third-order valence-electron chi connectivity index (χ3n) is 4.97. The van der Waals surface area contributed by atoms with E-state index in [1.54, 1.807) is 23.1 Å². The van der Waals surface area contributed by atoms with Gasteiger partial charge in [-0.1, -0.05) is 26.0 Å². The van der Waals surface area contributed by atoms with E-state index >= 15 is 0 Å². The average molecular weight is 391 g/mol. The zero-order chi connectivity index (χ0) is 20.7. The number of esters is 1. The van der Waals surface area contributed by atoms with Crippen LogP contribution in [0, 0.1) is 22.0 Å². The fourth-order valence-electron chi connectivity index (χ4n) is 3.57. The molecule has 0 spiro atoms. The molecule has 154 valence electrons. The van der Waals surface area contributed by atoms with Gasteiger partial charge in [0.2, 0.25) is 5.91 Å². The summed E-state index contributed by atoms with van der Waals surface area (Å²) in [5.41, 5.74) is 0.690. The second kappa shape index (κ2) is 10.1. The molecule has 8 nitrogen and oxygen atoms in total. The number of nitrogens with zero attached hydrogens (tertiary/aromatic N) is 3. The number of methoxy groups -OCH3 is 1. The van der Waals surface area contributed by atoms with Crippen molar-refractivity contribution in [3.63, 3.8) is 0 Å². The van der Waals surface area contributed by atoms with Crippen LogP contribution in [0.4, 0.5) is 11.4 Å². The van der Waals surface area contributed by atoms with Gasteiger partial charge in [0.25, 0.3) is 5.69 Å². The monoisotopic (exact) mass is 391 g/mol. The molecule has 0 aromatic heterocycles. The minimum Gasteiger partial charge on any atom is -0.469 e. The molecule has 0 N–H and O–H groups in total. The Balaban J connectivity index is 2.01. The minimum atomic E-state index is -0.371. The van der Waals surface area contributed by atoms with Gasteiger partial charge >= 0.3 is 5.97 Å². The third kappa shape index (κ3) is 5.68. The molecule has 1 heterocycles. The van der Waals surface area contributed by atoms with E-state index in [0.29, 0.717) is 50.6 Å². The minimum absolute atomic E-state index is 0.0554. The third-order valence-corrected chi connectivity index (χ3v) is 4.97. The van der Waals surface area contributed by atoms with Crippen molar-refractivity contribution >= 4 is 23.3 Å². The van der Waals surface area contributed by atoms with Crippen molar-refractivity contribution in [1.82, 2.24) is 4.90 Å². The van der Waals surface area contributed by atoms with Crippen molar-refractivity contribution < 1.29 is 19.2 Å². The van der Waals surface area contributed by atoms with Crippen molar-refractivity contribution in [2.24, 2.45) is 11.8 Å². The summed E-state index contributed by atoms with van der Waals surface area (Å²) in [6.07, 6.45) is 1.46. The Hall–Kier alpha value is -2.64. The molecule has 28 heavy (non-hydrogen) atoms. The van der Waals surface area contributed by atoms with E-state index in [0.717, 1.165) is 0 Å². The molecule has 1 aromatic carbocycles. The molecule has 1 saturated heterocycles. The van der Waals surface area contributed by atoms with Gasteiger partial charge in [0.1, 0.15) is 5.69 Å². The van der Waals surface area contributed by atoms with Gasteiger partial charge in [-0.2, -0.15) is 0 Å². The summed E-state index contributed by atoms with van der Waals surface area (Å²) in [7, 11) is 1.34. The Morgan fingerprint density at radius 1 is 1.29 bits per heavy atom. The second-order valence-electron chi connectivity index (χ2n) is 7.51. The van der Waals surface area contributed by atoms with E-state index in [1.165, 1.54) is 13.2 Å². The first-order valence-corrected chi connectivity index (χ1v) is 9.67. The van der Waals surface area contributed by atoms with Gasteiger partial charge < -0.3 is 14.5 Å². The van der Waals surface area contributed by atoms with E-state index in [9.17, 15) is 19.7 Å². The number of benzene rings is 1. The van der Waals surface area contributed by atoms with Gasteiger partial charge in [-0.05, 0) is 24.8 Å². The Morgan fingerprint density at radius 3 is 2.50 bits per heavy atom. The summed E-state index contributed by atoms with van der Waals surface area (Å²) in [5.74, 6) is -0.100. The highest BCUT2D eigenvalue weighted by Crippen LogP contribution is 2.31. The lowest BCUT2D eigenvalue weighted by Crippen LogP contribution is -2.44. The fourth-order valence-corrected chi connectivity index (χ4v) is 3.57. The predicted octanol–water partition coefficient (Wildman–Crippen LogP) is 2.86. The molecule has 0 saturated carbocycles. The average Bonchev–Trinajstić information content (AvgIpc) is 2.70. The van der Waals surface area contributed by atoms with Gasteiger partial charge in [-0.15, -0.1) is 0 Å². The van der Waals surface area contributed by atoms with Crippen molar-refractivity contribution in [3.8, 4) is 0 Å². The van der Waals surface area contributed by atoms with Gasteiger partial charge in [-0.3, -0.25) is 19.7 Å². The molecule has 1 aliphatic rings. The number of hydrogen-bond acceptors (Lipinski definition) is 6. The van der Waals surface area contributed by atoms with Crippen LogP contribution in [0.5, 0.6) is 0 Å². The van der Waals surface area contributed by atoms with Crippen LogP contribution in [0.25, 0.3) is 0 Å². The van der Waals surface area contributed by atoms with Crippen LogP contribution >= 0.6 is 0 Å². The van der Waals surface area contributed by atoms with Crippen molar-refractivity contribution in [3.05, 3.63) is 34.4 Å². The number of piperidine rings is 1. The van der Waals surface area contributed by atoms with E-state index < -0.39 is 0 Å². The maximum absolute atomic E-state index is 13.0. The summed E-state index contributed by atoms with van der Waals surface area (Å²) >= 11 is 0. The molecule has 0 radical (unpaired) electrons.